The van der Waals surface area contributed by atoms with E-state index in [0.717, 1.165) is 31.2 Å². The van der Waals surface area contributed by atoms with Crippen molar-refractivity contribution in [3.63, 3.8) is 0 Å². The molecule has 11 nitrogen and oxygen atoms in total. The van der Waals surface area contributed by atoms with Crippen LogP contribution in [0.25, 0.3) is 16.8 Å². The van der Waals surface area contributed by atoms with Crippen LogP contribution in [0.15, 0.2) is 30.7 Å². The number of ether oxygens (including phenoxy) is 1. The van der Waals surface area contributed by atoms with Crippen molar-refractivity contribution in [1.82, 2.24) is 30.2 Å². The van der Waals surface area contributed by atoms with Crippen molar-refractivity contribution >= 4 is 23.1 Å². The molecule has 5 N–H and O–H groups in total. The summed E-state index contributed by atoms with van der Waals surface area (Å²) in [5.41, 5.74) is 7.35. The van der Waals surface area contributed by atoms with Crippen LogP contribution in [0.2, 0.25) is 0 Å². The Morgan fingerprint density at radius 2 is 1.86 bits per heavy atom. The third-order valence-corrected chi connectivity index (χ3v) is 6.09. The zero-order valence-corrected chi connectivity index (χ0v) is 20.1. The third-order valence-electron chi connectivity index (χ3n) is 6.09. The van der Waals surface area contributed by atoms with Crippen LogP contribution < -0.4 is 21.1 Å². The fourth-order valence-corrected chi connectivity index (χ4v) is 4.44. The van der Waals surface area contributed by atoms with Gasteiger partial charge in [-0.05, 0) is 51.7 Å². The molecular formula is C24H31N7O4. The number of fused-ring (bicyclic) bond motifs is 1. The first-order valence-corrected chi connectivity index (χ1v) is 11.6. The Morgan fingerprint density at radius 1 is 1.17 bits per heavy atom. The Balaban J connectivity index is 1.48. The van der Waals surface area contributed by atoms with Gasteiger partial charge in [0, 0.05) is 29.9 Å². The molecule has 0 radical (unpaired) electrons. The first-order valence-electron chi connectivity index (χ1n) is 11.6. The number of methoxy groups -OCH3 is 1. The number of nitrogens with two attached hydrogens (primary N) is 1. The van der Waals surface area contributed by atoms with Crippen LogP contribution in [0.3, 0.4) is 0 Å². The molecule has 11 heteroatoms. The van der Waals surface area contributed by atoms with E-state index in [9.17, 15) is 14.7 Å². The lowest BCUT2D eigenvalue weighted by molar-refractivity contribution is -0.125. The van der Waals surface area contributed by atoms with E-state index in [4.69, 9.17) is 10.5 Å². The summed E-state index contributed by atoms with van der Waals surface area (Å²) < 4.78 is 6.83. The number of amides is 2. The molecule has 0 atom stereocenters. The molecular weight excluding hydrogens is 450 g/mol. The molecule has 3 aromatic rings. The Kier molecular flexibility index (Phi) is 6.88. The maximum atomic E-state index is 13.3. The van der Waals surface area contributed by atoms with Crippen LogP contribution in [0.5, 0.6) is 5.88 Å². The number of nitrogen functional groups attached to an aromatic ring is 1. The monoisotopic (exact) mass is 481 g/mol. The van der Waals surface area contributed by atoms with Crippen LogP contribution in [0, 0.1) is 0 Å². The van der Waals surface area contributed by atoms with Gasteiger partial charge in [0.05, 0.1) is 30.4 Å². The van der Waals surface area contributed by atoms with E-state index in [1.807, 2.05) is 0 Å². The SMILES string of the molecule is COc1cc(-c2cc(C(=O)NC3CCC(NC(=O)CC(C)(C)O)CC3)c3c(N)ncnn23)ccn1. The summed E-state index contributed by atoms with van der Waals surface area (Å²) in [6.45, 7) is 3.22. The molecule has 1 saturated carbocycles. The smallest absolute Gasteiger partial charge is 0.253 e. The van der Waals surface area contributed by atoms with Crippen molar-refractivity contribution in [1.29, 1.82) is 0 Å². The van der Waals surface area contributed by atoms with Gasteiger partial charge < -0.3 is 26.2 Å². The highest BCUT2D eigenvalue weighted by molar-refractivity contribution is 6.05. The number of anilines is 1. The minimum atomic E-state index is -1.04. The van der Waals surface area contributed by atoms with Crippen LogP contribution in [0.4, 0.5) is 5.82 Å². The predicted octanol–water partition coefficient (Wildman–Crippen LogP) is 1.70. The van der Waals surface area contributed by atoms with E-state index >= 15 is 0 Å². The number of pyridine rings is 1. The van der Waals surface area contributed by atoms with Crippen molar-refractivity contribution in [2.45, 2.75) is 63.6 Å². The van der Waals surface area contributed by atoms with E-state index in [1.54, 1.807) is 42.8 Å². The lowest BCUT2D eigenvalue weighted by Crippen LogP contribution is -2.45. The van der Waals surface area contributed by atoms with Gasteiger partial charge in [-0.25, -0.2) is 14.5 Å². The van der Waals surface area contributed by atoms with Gasteiger partial charge in [0.15, 0.2) is 5.82 Å². The molecule has 0 aliphatic heterocycles. The highest BCUT2D eigenvalue weighted by Crippen LogP contribution is 2.29. The second-order valence-corrected chi connectivity index (χ2v) is 9.51. The number of carbonyl (C=O) groups is 2. The zero-order chi connectivity index (χ0) is 25.2. The normalized spacial score (nSPS) is 18.3. The highest BCUT2D eigenvalue weighted by Gasteiger charge is 2.27. The van der Waals surface area contributed by atoms with Crippen LogP contribution in [-0.4, -0.2) is 61.3 Å². The number of nitrogens with zero attached hydrogens (tertiary/aromatic N) is 4. The number of rotatable bonds is 7. The maximum absolute atomic E-state index is 13.3. The van der Waals surface area contributed by atoms with Gasteiger partial charge in [-0.2, -0.15) is 5.10 Å². The minimum absolute atomic E-state index is 0.0322. The molecule has 1 aliphatic carbocycles. The molecule has 3 heterocycles. The molecule has 186 valence electrons. The second-order valence-electron chi connectivity index (χ2n) is 9.51. The van der Waals surface area contributed by atoms with Gasteiger partial charge in [-0.1, -0.05) is 0 Å². The van der Waals surface area contributed by atoms with Crippen LogP contribution in [-0.2, 0) is 4.79 Å². The van der Waals surface area contributed by atoms with E-state index in [0.29, 0.717) is 22.7 Å². The fourth-order valence-electron chi connectivity index (χ4n) is 4.44. The van der Waals surface area contributed by atoms with Gasteiger partial charge in [0.1, 0.15) is 11.8 Å². The van der Waals surface area contributed by atoms with Gasteiger partial charge in [0.2, 0.25) is 11.8 Å². The van der Waals surface area contributed by atoms with Crippen molar-refractivity contribution in [2.24, 2.45) is 0 Å². The van der Waals surface area contributed by atoms with E-state index in [2.05, 4.69) is 25.7 Å². The van der Waals surface area contributed by atoms with Crippen molar-refractivity contribution in [2.75, 3.05) is 12.8 Å². The molecule has 4 rings (SSSR count). The Bertz CT molecular complexity index is 1230. The number of carbonyl (C=O) groups excluding carboxylic acids is 2. The minimum Gasteiger partial charge on any atom is -0.481 e. The summed E-state index contributed by atoms with van der Waals surface area (Å²) in [6.07, 6.45) is 5.96. The number of nitrogens with one attached hydrogen (secondary N) is 2. The number of hydrogen-bond acceptors (Lipinski definition) is 8. The van der Waals surface area contributed by atoms with Crippen LogP contribution in [0.1, 0.15) is 56.3 Å². The summed E-state index contributed by atoms with van der Waals surface area (Å²) >= 11 is 0. The molecule has 0 bridgehead atoms. The van der Waals surface area contributed by atoms with E-state index in [-0.39, 0.29) is 36.1 Å². The zero-order valence-electron chi connectivity index (χ0n) is 20.1. The predicted molar refractivity (Wildman–Crippen MR) is 130 cm³/mol. The van der Waals surface area contributed by atoms with Gasteiger partial charge in [0.25, 0.3) is 5.91 Å². The largest absolute Gasteiger partial charge is 0.481 e. The topological polar surface area (TPSA) is 157 Å². The third kappa shape index (κ3) is 5.68. The summed E-state index contributed by atoms with van der Waals surface area (Å²) in [5, 5.41) is 20.2. The quantitative estimate of drug-likeness (QED) is 0.397. The fraction of sp³-hybridized carbons (Fsp3) is 0.458. The maximum Gasteiger partial charge on any atom is 0.253 e. The lowest BCUT2D eigenvalue weighted by Gasteiger charge is -2.30. The lowest BCUT2D eigenvalue weighted by atomic mass is 9.90. The molecule has 0 aromatic carbocycles. The van der Waals surface area contributed by atoms with Gasteiger partial charge >= 0.3 is 0 Å². The average molecular weight is 482 g/mol. The first-order chi connectivity index (χ1) is 16.6. The molecule has 35 heavy (non-hydrogen) atoms. The number of aliphatic hydroxyl groups is 1. The Hall–Kier alpha value is -3.73. The molecule has 0 unspecified atom stereocenters. The number of aromatic nitrogens is 4. The van der Waals surface area contributed by atoms with Crippen LogP contribution >= 0.6 is 0 Å². The summed E-state index contributed by atoms with van der Waals surface area (Å²) in [6, 6.07) is 5.31. The molecule has 2 amide bonds. The van der Waals surface area contributed by atoms with Crippen molar-refractivity contribution in [3.8, 4) is 17.1 Å². The highest BCUT2D eigenvalue weighted by atomic mass is 16.5. The summed E-state index contributed by atoms with van der Waals surface area (Å²) in [4.78, 5) is 33.6. The molecule has 1 fully saturated rings. The Labute approximate surface area is 203 Å². The average Bonchev–Trinajstić information content (AvgIpc) is 3.20. The molecule has 3 aromatic heterocycles. The van der Waals surface area contributed by atoms with Crippen molar-refractivity contribution in [3.05, 3.63) is 36.3 Å². The molecule has 0 saturated heterocycles. The Morgan fingerprint density at radius 3 is 2.51 bits per heavy atom. The van der Waals surface area contributed by atoms with E-state index < -0.39 is 5.60 Å². The summed E-state index contributed by atoms with van der Waals surface area (Å²) in [5.74, 6) is 0.222. The second kappa shape index (κ2) is 9.87. The van der Waals surface area contributed by atoms with Gasteiger partial charge in [-0.3, -0.25) is 9.59 Å². The number of hydrogen-bond donors (Lipinski definition) is 4. The van der Waals surface area contributed by atoms with Gasteiger partial charge in [-0.15, -0.1) is 0 Å². The molecule has 0 spiro atoms. The first kappa shape index (κ1) is 24.4. The van der Waals surface area contributed by atoms with Crippen molar-refractivity contribution < 1.29 is 19.4 Å². The summed E-state index contributed by atoms with van der Waals surface area (Å²) in [7, 11) is 1.54. The van der Waals surface area contributed by atoms with E-state index in [1.165, 1.54) is 13.4 Å². The standard InChI is InChI=1S/C24H31N7O4/c1-24(2,34)12-19(32)29-15-4-6-16(7-5-15)30-23(33)17-11-18(14-8-9-26-20(10-14)35-3)31-21(17)22(25)27-13-28-31/h8-11,13,15-16,34H,4-7,12H2,1-3H3,(H,29,32)(H,30,33)(H2,25,27,28). The molecule has 1 aliphatic rings.